The molecular formula is C21H30O4. The first-order chi connectivity index (χ1) is 12.1. The van der Waals surface area contributed by atoms with E-state index in [0.29, 0.717) is 31.7 Å². The number of rotatable bonds is 11. The van der Waals surface area contributed by atoms with E-state index < -0.39 is 0 Å². The van der Waals surface area contributed by atoms with E-state index in [1.165, 1.54) is 0 Å². The summed E-state index contributed by atoms with van der Waals surface area (Å²) in [5, 5.41) is 2.29. The van der Waals surface area contributed by atoms with Gasteiger partial charge in [0.05, 0.1) is 26.4 Å². The molecule has 0 N–H and O–H groups in total. The van der Waals surface area contributed by atoms with E-state index in [9.17, 15) is 0 Å². The first-order valence-electron chi connectivity index (χ1n) is 8.98. The van der Waals surface area contributed by atoms with Gasteiger partial charge in [-0.1, -0.05) is 26.0 Å². The first kappa shape index (κ1) is 19.5. The van der Waals surface area contributed by atoms with Crippen LogP contribution in [0.3, 0.4) is 0 Å². The van der Waals surface area contributed by atoms with Crippen molar-refractivity contribution in [2.45, 2.75) is 20.8 Å². The van der Waals surface area contributed by atoms with E-state index in [-0.39, 0.29) is 0 Å². The summed E-state index contributed by atoms with van der Waals surface area (Å²) in [4.78, 5) is 0. The maximum Gasteiger partial charge on any atom is 0.119 e. The van der Waals surface area contributed by atoms with Crippen LogP contribution in [0.4, 0.5) is 0 Å². The van der Waals surface area contributed by atoms with Gasteiger partial charge in [-0.2, -0.15) is 0 Å². The number of methoxy groups -OCH3 is 1. The van der Waals surface area contributed by atoms with Gasteiger partial charge in [0.2, 0.25) is 0 Å². The third kappa shape index (κ3) is 6.56. The van der Waals surface area contributed by atoms with Gasteiger partial charge >= 0.3 is 0 Å². The highest BCUT2D eigenvalue weighted by molar-refractivity contribution is 5.85. The Kier molecular flexibility index (Phi) is 8.02. The molecule has 0 saturated heterocycles. The summed E-state index contributed by atoms with van der Waals surface area (Å²) in [5.41, 5.74) is 0. The number of ether oxygens (including phenoxy) is 4. The Hall–Kier alpha value is -1.78. The lowest BCUT2D eigenvalue weighted by Crippen LogP contribution is -2.14. The topological polar surface area (TPSA) is 36.9 Å². The van der Waals surface area contributed by atoms with Crippen LogP contribution >= 0.6 is 0 Å². The first-order valence-corrected chi connectivity index (χ1v) is 8.98. The van der Waals surface area contributed by atoms with Gasteiger partial charge in [-0.05, 0) is 42.0 Å². The van der Waals surface area contributed by atoms with Crippen LogP contribution < -0.4 is 9.47 Å². The smallest absolute Gasteiger partial charge is 0.119 e. The Balaban J connectivity index is 1.93. The normalized spacial score (nSPS) is 13.6. The molecule has 0 amide bonds. The lowest BCUT2D eigenvalue weighted by Gasteiger charge is -2.14. The second kappa shape index (κ2) is 10.3. The van der Waals surface area contributed by atoms with Crippen LogP contribution in [-0.4, -0.2) is 40.1 Å². The molecule has 2 unspecified atom stereocenters. The zero-order valence-corrected chi connectivity index (χ0v) is 15.8. The maximum absolute atomic E-state index is 5.88. The van der Waals surface area contributed by atoms with Crippen LogP contribution in [0.1, 0.15) is 20.8 Å². The molecule has 0 spiro atoms. The van der Waals surface area contributed by atoms with E-state index in [1.54, 1.807) is 7.11 Å². The summed E-state index contributed by atoms with van der Waals surface area (Å²) < 4.78 is 22.3. The average molecular weight is 346 g/mol. The molecule has 4 nitrogen and oxygen atoms in total. The van der Waals surface area contributed by atoms with Crippen LogP contribution in [0.25, 0.3) is 10.8 Å². The average Bonchev–Trinajstić information content (AvgIpc) is 2.63. The standard InChI is InChI=1S/C21H30O4/c1-5-23-13-17(3)15-25-21-9-7-18-10-20(8-6-19(18)11-21)24-14-16(2)12-22-4/h6-11,16-17H,5,12-15H2,1-4H3. The minimum Gasteiger partial charge on any atom is -0.493 e. The highest BCUT2D eigenvalue weighted by Gasteiger charge is 2.06. The second-order valence-electron chi connectivity index (χ2n) is 6.62. The molecule has 0 aliphatic heterocycles. The van der Waals surface area contributed by atoms with Gasteiger partial charge in [-0.15, -0.1) is 0 Å². The fourth-order valence-electron chi connectivity index (χ4n) is 2.56. The van der Waals surface area contributed by atoms with E-state index in [0.717, 1.165) is 35.5 Å². The van der Waals surface area contributed by atoms with Crippen molar-refractivity contribution in [3.05, 3.63) is 36.4 Å². The zero-order valence-electron chi connectivity index (χ0n) is 15.8. The molecule has 138 valence electrons. The number of fused-ring (bicyclic) bond motifs is 1. The third-order valence-corrected chi connectivity index (χ3v) is 3.91. The van der Waals surface area contributed by atoms with E-state index in [2.05, 4.69) is 38.1 Å². The van der Waals surface area contributed by atoms with Crippen LogP contribution in [0.15, 0.2) is 36.4 Å². The Morgan fingerprint density at radius 3 is 1.76 bits per heavy atom. The quantitative estimate of drug-likeness (QED) is 0.598. The highest BCUT2D eigenvalue weighted by Crippen LogP contribution is 2.25. The predicted molar refractivity (Wildman–Crippen MR) is 102 cm³/mol. The molecule has 0 bridgehead atoms. The molecule has 0 radical (unpaired) electrons. The van der Waals surface area contributed by atoms with Crippen LogP contribution in [0, 0.1) is 11.8 Å². The Bertz CT molecular complexity index is 641. The molecular weight excluding hydrogens is 316 g/mol. The number of hydrogen-bond donors (Lipinski definition) is 0. The van der Waals surface area contributed by atoms with E-state index >= 15 is 0 Å². The third-order valence-electron chi connectivity index (χ3n) is 3.91. The zero-order chi connectivity index (χ0) is 18.1. The molecule has 0 aromatic heterocycles. The monoisotopic (exact) mass is 346 g/mol. The molecule has 2 atom stereocenters. The van der Waals surface area contributed by atoms with Crippen molar-refractivity contribution < 1.29 is 18.9 Å². The molecule has 0 aliphatic rings. The second-order valence-corrected chi connectivity index (χ2v) is 6.62. The van der Waals surface area contributed by atoms with Gasteiger partial charge in [0, 0.05) is 25.6 Å². The summed E-state index contributed by atoms with van der Waals surface area (Å²) in [7, 11) is 1.71. The number of benzene rings is 2. The SMILES string of the molecule is CCOCC(C)COc1ccc2cc(OCC(C)COC)ccc2c1. The van der Waals surface area contributed by atoms with Crippen molar-refractivity contribution in [3.8, 4) is 11.5 Å². The Morgan fingerprint density at radius 2 is 1.28 bits per heavy atom. The fourth-order valence-corrected chi connectivity index (χ4v) is 2.56. The molecule has 2 aromatic carbocycles. The largest absolute Gasteiger partial charge is 0.493 e. The minimum absolute atomic E-state index is 0.371. The molecule has 4 heteroatoms. The van der Waals surface area contributed by atoms with Crippen molar-refractivity contribution in [3.63, 3.8) is 0 Å². The van der Waals surface area contributed by atoms with E-state index in [4.69, 9.17) is 18.9 Å². The maximum atomic E-state index is 5.88. The van der Waals surface area contributed by atoms with Gasteiger partial charge in [-0.25, -0.2) is 0 Å². The van der Waals surface area contributed by atoms with Gasteiger partial charge < -0.3 is 18.9 Å². The molecule has 0 fully saturated rings. The summed E-state index contributed by atoms with van der Waals surface area (Å²) in [5.74, 6) is 2.52. The fraction of sp³-hybridized carbons (Fsp3) is 0.524. The van der Waals surface area contributed by atoms with Gasteiger partial charge in [0.1, 0.15) is 11.5 Å². The van der Waals surface area contributed by atoms with Crippen molar-refractivity contribution >= 4 is 10.8 Å². The lowest BCUT2D eigenvalue weighted by molar-refractivity contribution is 0.0940. The van der Waals surface area contributed by atoms with Crippen molar-refractivity contribution in [2.75, 3.05) is 40.1 Å². The molecule has 0 saturated carbocycles. The van der Waals surface area contributed by atoms with E-state index in [1.807, 2.05) is 19.1 Å². The van der Waals surface area contributed by atoms with Crippen molar-refractivity contribution in [1.82, 2.24) is 0 Å². The molecule has 0 aliphatic carbocycles. The van der Waals surface area contributed by atoms with Crippen LogP contribution in [0.5, 0.6) is 11.5 Å². The Labute approximate surface area is 151 Å². The Morgan fingerprint density at radius 1 is 0.760 bits per heavy atom. The van der Waals surface area contributed by atoms with Crippen molar-refractivity contribution in [1.29, 1.82) is 0 Å². The van der Waals surface area contributed by atoms with Crippen LogP contribution in [-0.2, 0) is 9.47 Å². The lowest BCUT2D eigenvalue weighted by atomic mass is 10.1. The summed E-state index contributed by atoms with van der Waals surface area (Å²) in [6.07, 6.45) is 0. The minimum atomic E-state index is 0.371. The molecule has 2 aromatic rings. The molecule has 2 rings (SSSR count). The van der Waals surface area contributed by atoms with Crippen LogP contribution in [0.2, 0.25) is 0 Å². The highest BCUT2D eigenvalue weighted by atomic mass is 16.5. The van der Waals surface area contributed by atoms with Crippen molar-refractivity contribution in [2.24, 2.45) is 11.8 Å². The number of hydrogen-bond acceptors (Lipinski definition) is 4. The summed E-state index contributed by atoms with van der Waals surface area (Å²) >= 11 is 0. The van der Waals surface area contributed by atoms with Gasteiger partial charge in [0.15, 0.2) is 0 Å². The summed E-state index contributed by atoms with van der Waals surface area (Å²) in [6, 6.07) is 12.3. The molecule has 25 heavy (non-hydrogen) atoms. The van der Waals surface area contributed by atoms with Gasteiger partial charge in [0.25, 0.3) is 0 Å². The van der Waals surface area contributed by atoms with Gasteiger partial charge in [-0.3, -0.25) is 0 Å². The summed E-state index contributed by atoms with van der Waals surface area (Å²) in [6.45, 7) is 9.73. The predicted octanol–water partition coefficient (Wildman–Crippen LogP) is 4.55. The molecule has 0 heterocycles.